The Morgan fingerprint density at radius 1 is 1.12 bits per heavy atom. The topological polar surface area (TPSA) is 93.8 Å². The molecule has 3 aromatic rings. The standard InChI is InChI=1S/C18H20N6O2/c1-13-10-14(2)24(22-13)12-17(25)20-21-18(26)16-6-4-15(5-7-16)11-23-9-3-8-19-23/h3-10H,11-12H2,1-2H3,(H,20,25)(H,21,26). The number of nitrogens with zero attached hydrogens (tertiary/aromatic N) is 4. The van der Waals surface area contributed by atoms with E-state index in [4.69, 9.17) is 0 Å². The molecule has 2 N–H and O–H groups in total. The molecule has 2 amide bonds. The van der Waals surface area contributed by atoms with Crippen LogP contribution in [-0.2, 0) is 17.9 Å². The Kier molecular flexibility index (Phi) is 5.12. The minimum absolute atomic E-state index is 0.0444. The second-order valence-electron chi connectivity index (χ2n) is 5.99. The summed E-state index contributed by atoms with van der Waals surface area (Å²) in [5.41, 5.74) is 8.03. The lowest BCUT2D eigenvalue weighted by Crippen LogP contribution is -2.43. The van der Waals surface area contributed by atoms with Crippen molar-refractivity contribution in [2.75, 3.05) is 0 Å². The summed E-state index contributed by atoms with van der Waals surface area (Å²) in [6, 6.07) is 10.9. The largest absolute Gasteiger partial charge is 0.271 e. The Morgan fingerprint density at radius 2 is 1.88 bits per heavy atom. The van der Waals surface area contributed by atoms with Gasteiger partial charge < -0.3 is 0 Å². The third-order valence-electron chi connectivity index (χ3n) is 3.83. The number of carbonyl (C=O) groups excluding carboxylic acids is 2. The minimum Gasteiger partial charge on any atom is -0.271 e. The number of amides is 2. The first-order valence-corrected chi connectivity index (χ1v) is 8.18. The van der Waals surface area contributed by atoms with Crippen LogP contribution in [0.15, 0.2) is 48.8 Å². The molecule has 0 bridgehead atoms. The zero-order valence-corrected chi connectivity index (χ0v) is 14.6. The van der Waals surface area contributed by atoms with Gasteiger partial charge in [-0.3, -0.25) is 29.8 Å². The molecule has 0 fully saturated rings. The first-order chi connectivity index (χ1) is 12.5. The van der Waals surface area contributed by atoms with Crippen LogP contribution in [0, 0.1) is 13.8 Å². The molecule has 0 aliphatic rings. The van der Waals surface area contributed by atoms with Gasteiger partial charge in [0.05, 0.1) is 12.2 Å². The van der Waals surface area contributed by atoms with Crippen molar-refractivity contribution in [2.45, 2.75) is 26.9 Å². The summed E-state index contributed by atoms with van der Waals surface area (Å²) in [6.45, 7) is 4.41. The normalized spacial score (nSPS) is 10.5. The highest BCUT2D eigenvalue weighted by molar-refractivity contribution is 5.95. The predicted octanol–water partition coefficient (Wildman–Crippen LogP) is 1.21. The van der Waals surface area contributed by atoms with Crippen LogP contribution in [0.3, 0.4) is 0 Å². The summed E-state index contributed by atoms with van der Waals surface area (Å²) < 4.78 is 3.38. The van der Waals surface area contributed by atoms with Gasteiger partial charge in [0.1, 0.15) is 6.54 Å². The number of aryl methyl sites for hydroxylation is 2. The van der Waals surface area contributed by atoms with E-state index in [1.807, 2.05) is 44.3 Å². The lowest BCUT2D eigenvalue weighted by molar-refractivity contribution is -0.122. The molecule has 3 rings (SSSR count). The van der Waals surface area contributed by atoms with Gasteiger partial charge in [0.25, 0.3) is 11.8 Å². The van der Waals surface area contributed by atoms with E-state index in [-0.39, 0.29) is 18.4 Å². The first kappa shape index (κ1) is 17.4. The molecular weight excluding hydrogens is 332 g/mol. The van der Waals surface area contributed by atoms with Crippen molar-refractivity contribution >= 4 is 11.8 Å². The number of carbonyl (C=O) groups is 2. The molecule has 1 aromatic carbocycles. The summed E-state index contributed by atoms with van der Waals surface area (Å²) in [5, 5.41) is 8.35. The number of aromatic nitrogens is 4. The van der Waals surface area contributed by atoms with Gasteiger partial charge in [0.15, 0.2) is 0 Å². The molecule has 2 heterocycles. The molecule has 8 heteroatoms. The summed E-state index contributed by atoms with van der Waals surface area (Å²) >= 11 is 0. The van der Waals surface area contributed by atoms with Crippen molar-refractivity contribution in [3.63, 3.8) is 0 Å². The molecule has 0 atom stereocenters. The molecule has 0 saturated carbocycles. The zero-order valence-electron chi connectivity index (χ0n) is 14.6. The van der Waals surface area contributed by atoms with Gasteiger partial charge in [0, 0.05) is 23.7 Å². The van der Waals surface area contributed by atoms with Gasteiger partial charge >= 0.3 is 0 Å². The number of hydrazine groups is 1. The fourth-order valence-corrected chi connectivity index (χ4v) is 2.55. The highest BCUT2D eigenvalue weighted by Crippen LogP contribution is 2.06. The molecule has 8 nitrogen and oxygen atoms in total. The van der Waals surface area contributed by atoms with E-state index in [2.05, 4.69) is 21.0 Å². The Morgan fingerprint density at radius 3 is 2.50 bits per heavy atom. The molecule has 134 valence electrons. The van der Waals surface area contributed by atoms with E-state index in [0.29, 0.717) is 12.1 Å². The maximum absolute atomic E-state index is 12.1. The summed E-state index contributed by atoms with van der Waals surface area (Å²) in [4.78, 5) is 24.1. The maximum Gasteiger partial charge on any atom is 0.269 e. The smallest absolute Gasteiger partial charge is 0.269 e. The van der Waals surface area contributed by atoms with Crippen LogP contribution in [0.1, 0.15) is 27.3 Å². The molecule has 0 aliphatic heterocycles. The Bertz CT molecular complexity index is 896. The van der Waals surface area contributed by atoms with Crippen molar-refractivity contribution in [1.29, 1.82) is 0 Å². The van der Waals surface area contributed by atoms with Crippen LogP contribution < -0.4 is 10.9 Å². The molecule has 0 unspecified atom stereocenters. The van der Waals surface area contributed by atoms with E-state index >= 15 is 0 Å². The van der Waals surface area contributed by atoms with E-state index in [0.717, 1.165) is 17.0 Å². The highest BCUT2D eigenvalue weighted by atomic mass is 16.2. The molecule has 2 aromatic heterocycles. The van der Waals surface area contributed by atoms with Crippen LogP contribution in [0.2, 0.25) is 0 Å². The fourth-order valence-electron chi connectivity index (χ4n) is 2.55. The van der Waals surface area contributed by atoms with Crippen LogP contribution in [0.25, 0.3) is 0 Å². The van der Waals surface area contributed by atoms with Crippen LogP contribution >= 0.6 is 0 Å². The molecule has 0 saturated heterocycles. The molecule has 0 radical (unpaired) electrons. The second kappa shape index (κ2) is 7.64. The second-order valence-corrected chi connectivity index (χ2v) is 5.99. The van der Waals surface area contributed by atoms with Crippen LogP contribution in [-0.4, -0.2) is 31.4 Å². The van der Waals surface area contributed by atoms with Crippen LogP contribution in [0.5, 0.6) is 0 Å². The molecule has 0 spiro atoms. The lowest BCUT2D eigenvalue weighted by atomic mass is 10.1. The minimum atomic E-state index is -0.377. The van der Waals surface area contributed by atoms with Crippen molar-refractivity contribution in [2.24, 2.45) is 0 Å². The van der Waals surface area contributed by atoms with Gasteiger partial charge in [-0.2, -0.15) is 10.2 Å². The van der Waals surface area contributed by atoms with Crippen molar-refractivity contribution in [3.8, 4) is 0 Å². The van der Waals surface area contributed by atoms with Crippen molar-refractivity contribution < 1.29 is 9.59 Å². The van der Waals surface area contributed by atoms with Crippen molar-refractivity contribution in [1.82, 2.24) is 30.4 Å². The fraction of sp³-hybridized carbons (Fsp3) is 0.222. The Hall–Kier alpha value is -3.42. The monoisotopic (exact) mass is 352 g/mol. The maximum atomic E-state index is 12.1. The zero-order chi connectivity index (χ0) is 18.5. The molecule has 0 aliphatic carbocycles. The van der Waals surface area contributed by atoms with Crippen molar-refractivity contribution in [3.05, 3.63) is 71.3 Å². The van der Waals surface area contributed by atoms with E-state index < -0.39 is 0 Å². The lowest BCUT2D eigenvalue weighted by Gasteiger charge is -2.09. The van der Waals surface area contributed by atoms with Gasteiger partial charge in [0.2, 0.25) is 0 Å². The Balaban J connectivity index is 1.51. The third kappa shape index (κ3) is 4.35. The van der Waals surface area contributed by atoms with Gasteiger partial charge in [-0.05, 0) is 43.7 Å². The van der Waals surface area contributed by atoms with E-state index in [1.54, 1.807) is 27.7 Å². The number of rotatable bonds is 5. The average Bonchev–Trinajstić information content (AvgIpc) is 3.23. The SMILES string of the molecule is Cc1cc(C)n(CC(=O)NNC(=O)c2ccc(Cn3cccn3)cc2)n1. The van der Waals surface area contributed by atoms with Crippen LogP contribution in [0.4, 0.5) is 0 Å². The number of hydrogen-bond donors (Lipinski definition) is 2. The third-order valence-corrected chi connectivity index (χ3v) is 3.83. The quantitative estimate of drug-likeness (QED) is 0.675. The first-order valence-electron chi connectivity index (χ1n) is 8.18. The summed E-state index contributed by atoms with van der Waals surface area (Å²) in [6.07, 6.45) is 3.59. The highest BCUT2D eigenvalue weighted by Gasteiger charge is 2.10. The average molecular weight is 352 g/mol. The van der Waals surface area contributed by atoms with E-state index in [1.165, 1.54) is 0 Å². The number of benzene rings is 1. The molecular formula is C18H20N6O2. The van der Waals surface area contributed by atoms with E-state index in [9.17, 15) is 9.59 Å². The van der Waals surface area contributed by atoms with Gasteiger partial charge in [-0.25, -0.2) is 0 Å². The number of nitrogens with one attached hydrogen (secondary N) is 2. The summed E-state index contributed by atoms with van der Waals surface area (Å²) in [5.74, 6) is -0.725. The molecule has 26 heavy (non-hydrogen) atoms. The van der Waals surface area contributed by atoms with Gasteiger partial charge in [-0.15, -0.1) is 0 Å². The Labute approximate surface area is 150 Å². The van der Waals surface area contributed by atoms with Gasteiger partial charge in [-0.1, -0.05) is 12.1 Å². The number of hydrogen-bond acceptors (Lipinski definition) is 4. The summed E-state index contributed by atoms with van der Waals surface area (Å²) in [7, 11) is 0. The predicted molar refractivity (Wildman–Crippen MR) is 95.1 cm³/mol.